The summed E-state index contributed by atoms with van der Waals surface area (Å²) >= 11 is 1.36. The third-order valence-electron chi connectivity index (χ3n) is 7.44. The third kappa shape index (κ3) is 6.19. The molecule has 222 valence electrons. The fourth-order valence-electron chi connectivity index (χ4n) is 5.11. The molecule has 0 atom stereocenters. The summed E-state index contributed by atoms with van der Waals surface area (Å²) in [6, 6.07) is 18.7. The van der Waals surface area contributed by atoms with E-state index >= 15 is 0 Å². The molecule has 6 rings (SSSR count). The SMILES string of the molecule is COc1ccc(-c2ccc(N3CCN(C(=O)CN(Cc4ccc5c(c4)OCO5)C(=O)c4cccs4)CC3)nn2)cc1OC. The molecule has 2 aliphatic rings. The van der Waals surface area contributed by atoms with Gasteiger partial charge >= 0.3 is 0 Å². The average molecular weight is 602 g/mol. The second-order valence-corrected chi connectivity index (χ2v) is 11.0. The van der Waals surface area contributed by atoms with Gasteiger partial charge in [-0.1, -0.05) is 12.1 Å². The minimum absolute atomic E-state index is 0.0228. The van der Waals surface area contributed by atoms with Crippen molar-refractivity contribution in [3.8, 4) is 34.3 Å². The molecule has 0 aliphatic carbocycles. The predicted molar refractivity (Wildman–Crippen MR) is 161 cm³/mol. The van der Waals surface area contributed by atoms with E-state index in [-0.39, 0.29) is 31.7 Å². The number of hydrogen-bond donors (Lipinski definition) is 0. The molecule has 4 heterocycles. The minimum atomic E-state index is -0.176. The summed E-state index contributed by atoms with van der Waals surface area (Å²) in [6.07, 6.45) is 0. The number of hydrogen-bond acceptors (Lipinski definition) is 10. The van der Waals surface area contributed by atoms with E-state index in [0.717, 1.165) is 22.6 Å². The number of amides is 2. The van der Waals surface area contributed by atoms with Gasteiger partial charge in [0.05, 0.1) is 24.8 Å². The molecule has 4 aromatic rings. The quantitative estimate of drug-likeness (QED) is 0.282. The fraction of sp³-hybridized carbons (Fsp3) is 0.290. The van der Waals surface area contributed by atoms with Crippen LogP contribution in [0.3, 0.4) is 0 Å². The number of thiophene rings is 1. The van der Waals surface area contributed by atoms with Crippen molar-refractivity contribution >= 4 is 29.0 Å². The molecule has 1 saturated heterocycles. The van der Waals surface area contributed by atoms with Gasteiger partial charge in [0.1, 0.15) is 6.54 Å². The molecule has 2 amide bonds. The molecule has 0 saturated carbocycles. The Bertz CT molecular complexity index is 1590. The standard InChI is InChI=1S/C31H31N5O6S/c1-39-24-9-6-22(17-26(24)40-2)23-7-10-29(33-32-23)34-11-13-35(14-12-34)30(37)19-36(31(38)28-4-3-15-43-28)18-21-5-8-25-27(16-21)42-20-41-25/h3-10,15-17H,11-14,18-20H2,1-2H3. The monoisotopic (exact) mass is 601 g/mol. The van der Waals surface area contributed by atoms with Crippen molar-refractivity contribution in [3.63, 3.8) is 0 Å². The Morgan fingerprint density at radius 1 is 0.907 bits per heavy atom. The van der Waals surface area contributed by atoms with Gasteiger partial charge in [-0.2, -0.15) is 0 Å². The number of piperazine rings is 1. The van der Waals surface area contributed by atoms with Crippen LogP contribution in [-0.4, -0.2) is 85.5 Å². The first-order valence-corrected chi connectivity index (χ1v) is 14.7. The van der Waals surface area contributed by atoms with E-state index < -0.39 is 0 Å². The van der Waals surface area contributed by atoms with Crippen molar-refractivity contribution in [1.29, 1.82) is 0 Å². The molecule has 0 radical (unpaired) electrons. The van der Waals surface area contributed by atoms with Gasteiger partial charge in [-0.25, -0.2) is 0 Å². The van der Waals surface area contributed by atoms with E-state index in [1.165, 1.54) is 11.3 Å². The molecule has 0 bridgehead atoms. The minimum Gasteiger partial charge on any atom is -0.493 e. The lowest BCUT2D eigenvalue weighted by atomic mass is 10.1. The van der Waals surface area contributed by atoms with Gasteiger partial charge < -0.3 is 33.6 Å². The summed E-state index contributed by atoms with van der Waals surface area (Å²) in [7, 11) is 3.20. The molecular formula is C31H31N5O6S. The van der Waals surface area contributed by atoms with Crippen LogP contribution >= 0.6 is 11.3 Å². The Balaban J connectivity index is 1.08. The summed E-state index contributed by atoms with van der Waals surface area (Å²) in [6.45, 7) is 2.68. The smallest absolute Gasteiger partial charge is 0.264 e. The highest BCUT2D eigenvalue weighted by Gasteiger charge is 2.27. The zero-order valence-corrected chi connectivity index (χ0v) is 24.7. The van der Waals surface area contributed by atoms with Gasteiger partial charge in [0.25, 0.3) is 5.91 Å². The van der Waals surface area contributed by atoms with Crippen LogP contribution in [0.15, 0.2) is 66.0 Å². The highest BCUT2D eigenvalue weighted by molar-refractivity contribution is 7.12. The van der Waals surface area contributed by atoms with Crippen molar-refractivity contribution in [2.24, 2.45) is 0 Å². The highest BCUT2D eigenvalue weighted by atomic mass is 32.1. The van der Waals surface area contributed by atoms with E-state index in [1.807, 2.05) is 60.0 Å². The van der Waals surface area contributed by atoms with Gasteiger partial charge in [-0.3, -0.25) is 9.59 Å². The molecule has 0 N–H and O–H groups in total. The number of benzene rings is 2. The average Bonchev–Trinajstić information content (AvgIpc) is 3.77. The van der Waals surface area contributed by atoms with E-state index in [9.17, 15) is 9.59 Å². The van der Waals surface area contributed by atoms with Gasteiger partial charge in [0, 0.05) is 38.3 Å². The number of aromatic nitrogens is 2. The Morgan fingerprint density at radius 3 is 2.44 bits per heavy atom. The zero-order valence-electron chi connectivity index (χ0n) is 23.9. The van der Waals surface area contributed by atoms with Gasteiger partial charge in [0.2, 0.25) is 12.7 Å². The van der Waals surface area contributed by atoms with Gasteiger partial charge in [-0.15, -0.1) is 21.5 Å². The molecule has 0 unspecified atom stereocenters. The highest BCUT2D eigenvalue weighted by Crippen LogP contribution is 2.33. The number of fused-ring (bicyclic) bond motifs is 1. The molecule has 1 fully saturated rings. The molecule has 2 aromatic heterocycles. The van der Waals surface area contributed by atoms with Crippen LogP contribution in [0.25, 0.3) is 11.3 Å². The largest absolute Gasteiger partial charge is 0.493 e. The molecular weight excluding hydrogens is 570 g/mol. The number of carbonyl (C=O) groups excluding carboxylic acids is 2. The van der Waals surface area contributed by atoms with E-state index in [4.69, 9.17) is 18.9 Å². The topological polar surface area (TPSA) is 107 Å². The second-order valence-electron chi connectivity index (χ2n) is 10.0. The number of ether oxygens (including phenoxy) is 4. The first-order chi connectivity index (χ1) is 21.0. The van der Waals surface area contributed by atoms with E-state index in [1.54, 1.807) is 30.1 Å². The number of anilines is 1. The number of carbonyl (C=O) groups is 2. The van der Waals surface area contributed by atoms with Crippen LogP contribution in [0.2, 0.25) is 0 Å². The predicted octanol–water partition coefficient (Wildman–Crippen LogP) is 3.94. The van der Waals surface area contributed by atoms with Crippen molar-refractivity contribution in [1.82, 2.24) is 20.0 Å². The van der Waals surface area contributed by atoms with Gasteiger partial charge in [0.15, 0.2) is 28.8 Å². The third-order valence-corrected chi connectivity index (χ3v) is 8.30. The normalized spacial score (nSPS) is 14.0. The maximum atomic E-state index is 13.4. The maximum Gasteiger partial charge on any atom is 0.264 e. The van der Waals surface area contributed by atoms with Crippen LogP contribution in [-0.2, 0) is 11.3 Å². The fourth-order valence-corrected chi connectivity index (χ4v) is 5.80. The lowest BCUT2D eigenvalue weighted by molar-refractivity contribution is -0.132. The summed E-state index contributed by atoms with van der Waals surface area (Å²) in [5, 5.41) is 10.7. The summed E-state index contributed by atoms with van der Waals surface area (Å²) in [4.78, 5) is 32.9. The Morgan fingerprint density at radius 2 is 1.72 bits per heavy atom. The molecule has 11 nitrogen and oxygen atoms in total. The summed E-state index contributed by atoms with van der Waals surface area (Å²) in [5.41, 5.74) is 2.45. The summed E-state index contributed by atoms with van der Waals surface area (Å²) in [5.74, 6) is 3.06. The van der Waals surface area contributed by atoms with Crippen LogP contribution in [0.4, 0.5) is 5.82 Å². The van der Waals surface area contributed by atoms with Crippen LogP contribution in [0.1, 0.15) is 15.2 Å². The van der Waals surface area contributed by atoms with Crippen molar-refractivity contribution in [2.45, 2.75) is 6.54 Å². The lowest BCUT2D eigenvalue weighted by Gasteiger charge is -2.36. The maximum absolute atomic E-state index is 13.4. The lowest BCUT2D eigenvalue weighted by Crippen LogP contribution is -2.52. The second kappa shape index (κ2) is 12.6. The molecule has 12 heteroatoms. The van der Waals surface area contributed by atoms with E-state index in [2.05, 4.69) is 15.1 Å². The van der Waals surface area contributed by atoms with Crippen molar-refractivity contribution in [3.05, 3.63) is 76.5 Å². The number of nitrogens with zero attached hydrogens (tertiary/aromatic N) is 5. The van der Waals surface area contributed by atoms with Crippen LogP contribution in [0, 0.1) is 0 Å². The van der Waals surface area contributed by atoms with Crippen molar-refractivity contribution < 1.29 is 28.5 Å². The number of methoxy groups -OCH3 is 2. The summed E-state index contributed by atoms with van der Waals surface area (Å²) < 4.78 is 21.6. The van der Waals surface area contributed by atoms with E-state index in [0.29, 0.717) is 54.1 Å². The first kappa shape index (κ1) is 28.3. The van der Waals surface area contributed by atoms with Gasteiger partial charge in [-0.05, 0) is 59.5 Å². The van der Waals surface area contributed by atoms with Crippen LogP contribution in [0.5, 0.6) is 23.0 Å². The zero-order chi connectivity index (χ0) is 29.8. The number of rotatable bonds is 9. The first-order valence-electron chi connectivity index (χ1n) is 13.8. The molecule has 2 aliphatic heterocycles. The molecule has 43 heavy (non-hydrogen) atoms. The van der Waals surface area contributed by atoms with Crippen molar-refractivity contribution in [2.75, 3.05) is 58.6 Å². The van der Waals surface area contributed by atoms with Crippen LogP contribution < -0.4 is 23.8 Å². The Hall–Kier alpha value is -4.84. The Kier molecular flexibility index (Phi) is 8.27. The Labute approximate surface area is 253 Å². The molecule has 2 aromatic carbocycles. The molecule has 0 spiro atoms.